The van der Waals surface area contributed by atoms with Gasteiger partial charge in [0, 0.05) is 19.3 Å². The highest BCUT2D eigenvalue weighted by Crippen LogP contribution is 2.16. The zero-order chi connectivity index (χ0) is 42.3. The fourth-order valence-electron chi connectivity index (χ4n) is 7.37. The molecule has 0 rings (SSSR count). The van der Waals surface area contributed by atoms with Crippen LogP contribution in [0, 0.1) is 0 Å². The zero-order valence-electron chi connectivity index (χ0n) is 38.8. The normalized spacial score (nSPS) is 12.1. The van der Waals surface area contributed by atoms with Gasteiger partial charge in [-0.1, -0.05) is 231 Å². The second-order valence-corrected chi connectivity index (χ2v) is 17.1. The Morgan fingerprint density at radius 1 is 0.345 bits per heavy atom. The summed E-state index contributed by atoms with van der Waals surface area (Å²) in [5.74, 6) is -0.870. The average molecular weight is 817 g/mol. The van der Waals surface area contributed by atoms with Crippen LogP contribution in [-0.4, -0.2) is 37.2 Å². The third-order valence-corrected chi connectivity index (χ3v) is 11.2. The van der Waals surface area contributed by atoms with Gasteiger partial charge < -0.3 is 14.2 Å². The molecule has 0 heterocycles. The van der Waals surface area contributed by atoms with Crippen molar-refractivity contribution in [3.8, 4) is 0 Å². The van der Waals surface area contributed by atoms with Gasteiger partial charge in [0.05, 0.1) is 0 Å². The Hall–Kier alpha value is -2.11. The molecule has 0 radical (unpaired) electrons. The lowest BCUT2D eigenvalue weighted by Crippen LogP contribution is -2.30. The summed E-state index contributed by atoms with van der Waals surface area (Å²) in [4.78, 5) is 37.9. The number of esters is 3. The second kappa shape index (κ2) is 47.6. The smallest absolute Gasteiger partial charge is 0.306 e. The highest BCUT2D eigenvalue weighted by atomic mass is 16.6. The van der Waals surface area contributed by atoms with Gasteiger partial charge in [-0.25, -0.2) is 0 Å². The van der Waals surface area contributed by atoms with Crippen molar-refractivity contribution in [1.82, 2.24) is 0 Å². The summed E-state index contributed by atoms with van der Waals surface area (Å²) in [5.41, 5.74) is 0. The van der Waals surface area contributed by atoms with Crippen molar-refractivity contribution in [3.05, 3.63) is 24.3 Å². The highest BCUT2D eigenvalue weighted by molar-refractivity contribution is 5.71. The van der Waals surface area contributed by atoms with Crippen LogP contribution < -0.4 is 0 Å². The SMILES string of the molecule is CCCCC/C=C\C=C/CCCCCCCCC(=O)OCC(COC(=O)CCCCCCCCCCCCC)OC(=O)CCCCCCCCCCCCCCCC. The molecule has 1 unspecified atom stereocenters. The van der Waals surface area contributed by atoms with E-state index in [0.717, 1.165) is 64.2 Å². The minimum Gasteiger partial charge on any atom is -0.462 e. The molecule has 0 aromatic carbocycles. The minimum absolute atomic E-state index is 0.0704. The molecular formula is C52H96O6. The maximum atomic E-state index is 12.8. The first-order valence-electron chi connectivity index (χ1n) is 25.4. The van der Waals surface area contributed by atoms with Crippen molar-refractivity contribution >= 4 is 17.9 Å². The molecule has 340 valence electrons. The van der Waals surface area contributed by atoms with Crippen molar-refractivity contribution in [2.24, 2.45) is 0 Å². The molecule has 0 amide bonds. The lowest BCUT2D eigenvalue weighted by Gasteiger charge is -2.18. The van der Waals surface area contributed by atoms with Gasteiger partial charge in [0.15, 0.2) is 6.10 Å². The van der Waals surface area contributed by atoms with Crippen LogP contribution in [0.25, 0.3) is 0 Å². The number of carbonyl (C=O) groups excluding carboxylic acids is 3. The summed E-state index contributed by atoms with van der Waals surface area (Å²) in [7, 11) is 0. The third-order valence-electron chi connectivity index (χ3n) is 11.2. The average Bonchev–Trinajstić information content (AvgIpc) is 3.22. The molecule has 0 bridgehead atoms. The maximum Gasteiger partial charge on any atom is 0.306 e. The quantitative estimate of drug-likeness (QED) is 0.0263. The predicted octanol–water partition coefficient (Wildman–Crippen LogP) is 16.4. The van der Waals surface area contributed by atoms with Gasteiger partial charge in [0.2, 0.25) is 0 Å². The Bertz CT molecular complexity index is 942. The van der Waals surface area contributed by atoms with Crippen molar-refractivity contribution < 1.29 is 28.6 Å². The summed E-state index contributed by atoms with van der Waals surface area (Å²) >= 11 is 0. The van der Waals surface area contributed by atoms with Gasteiger partial charge in [-0.3, -0.25) is 14.4 Å². The molecule has 6 heteroatoms. The number of carbonyl (C=O) groups is 3. The topological polar surface area (TPSA) is 78.9 Å². The van der Waals surface area contributed by atoms with Gasteiger partial charge in [-0.15, -0.1) is 0 Å². The van der Waals surface area contributed by atoms with E-state index in [2.05, 4.69) is 45.1 Å². The first-order valence-corrected chi connectivity index (χ1v) is 25.4. The number of hydrogen-bond acceptors (Lipinski definition) is 6. The summed E-state index contributed by atoms with van der Waals surface area (Å²) in [6.45, 7) is 6.61. The Kier molecular flexibility index (Phi) is 45.8. The van der Waals surface area contributed by atoms with Crippen LogP contribution in [0.5, 0.6) is 0 Å². The van der Waals surface area contributed by atoms with Crippen LogP contribution in [0.3, 0.4) is 0 Å². The third kappa shape index (κ3) is 45.0. The zero-order valence-corrected chi connectivity index (χ0v) is 38.8. The van der Waals surface area contributed by atoms with Gasteiger partial charge in [-0.05, 0) is 44.9 Å². The Labute approximate surface area is 360 Å². The lowest BCUT2D eigenvalue weighted by atomic mass is 10.0. The molecule has 1 atom stereocenters. The van der Waals surface area contributed by atoms with E-state index in [1.165, 1.54) is 167 Å². The monoisotopic (exact) mass is 817 g/mol. The predicted molar refractivity (Wildman–Crippen MR) is 247 cm³/mol. The van der Waals surface area contributed by atoms with Crippen LogP contribution in [-0.2, 0) is 28.6 Å². The number of hydrogen-bond donors (Lipinski definition) is 0. The van der Waals surface area contributed by atoms with Crippen LogP contribution in [0.2, 0.25) is 0 Å². The fraction of sp³-hybridized carbons (Fsp3) is 0.865. The summed E-state index contributed by atoms with van der Waals surface area (Å²) in [6.07, 6.45) is 52.9. The second-order valence-electron chi connectivity index (χ2n) is 17.1. The standard InChI is InChI=1S/C52H96O6/c1-4-7-10-13-16-19-22-24-26-28-30-33-36-39-42-45-51(54)57-48-49(47-56-50(53)44-41-38-35-32-29-21-18-15-12-9-6-3)58-52(55)46-43-40-37-34-31-27-25-23-20-17-14-11-8-5-2/h16,19,22,24,49H,4-15,17-18,20-21,23,25-48H2,1-3H3/b19-16-,24-22-. The molecule has 0 saturated carbocycles. The molecule has 0 N–H and O–H groups in total. The van der Waals surface area contributed by atoms with Crippen molar-refractivity contribution in [2.75, 3.05) is 13.2 Å². The van der Waals surface area contributed by atoms with Crippen LogP contribution >= 0.6 is 0 Å². The molecule has 0 aliphatic carbocycles. The molecular weight excluding hydrogens is 721 g/mol. The Morgan fingerprint density at radius 2 is 0.603 bits per heavy atom. The summed E-state index contributed by atoms with van der Waals surface area (Å²) in [6, 6.07) is 0. The Balaban J connectivity index is 4.35. The largest absolute Gasteiger partial charge is 0.462 e. The number of allylic oxidation sites excluding steroid dienone is 4. The van der Waals surface area contributed by atoms with Gasteiger partial charge in [0.25, 0.3) is 0 Å². The molecule has 0 aromatic heterocycles. The molecule has 0 spiro atoms. The van der Waals surface area contributed by atoms with E-state index in [0.29, 0.717) is 19.3 Å². The molecule has 0 fully saturated rings. The van der Waals surface area contributed by atoms with E-state index in [-0.39, 0.29) is 31.1 Å². The highest BCUT2D eigenvalue weighted by Gasteiger charge is 2.19. The van der Waals surface area contributed by atoms with Crippen LogP contribution in [0.15, 0.2) is 24.3 Å². The van der Waals surface area contributed by atoms with Crippen LogP contribution in [0.4, 0.5) is 0 Å². The van der Waals surface area contributed by atoms with Crippen molar-refractivity contribution in [3.63, 3.8) is 0 Å². The van der Waals surface area contributed by atoms with E-state index >= 15 is 0 Å². The van der Waals surface area contributed by atoms with Gasteiger partial charge in [-0.2, -0.15) is 0 Å². The molecule has 6 nitrogen and oxygen atoms in total. The van der Waals surface area contributed by atoms with Gasteiger partial charge in [0.1, 0.15) is 13.2 Å². The molecule has 0 saturated heterocycles. The first kappa shape index (κ1) is 55.9. The van der Waals surface area contributed by atoms with Crippen molar-refractivity contribution in [1.29, 1.82) is 0 Å². The van der Waals surface area contributed by atoms with Gasteiger partial charge >= 0.3 is 17.9 Å². The van der Waals surface area contributed by atoms with E-state index in [1.54, 1.807) is 0 Å². The summed E-state index contributed by atoms with van der Waals surface area (Å²) < 4.78 is 16.8. The summed E-state index contributed by atoms with van der Waals surface area (Å²) in [5, 5.41) is 0. The van der Waals surface area contributed by atoms with E-state index in [1.807, 2.05) is 0 Å². The molecule has 0 aromatic rings. The van der Waals surface area contributed by atoms with Crippen molar-refractivity contribution in [2.45, 2.75) is 277 Å². The van der Waals surface area contributed by atoms with E-state index in [9.17, 15) is 14.4 Å². The number of rotatable bonds is 46. The van der Waals surface area contributed by atoms with E-state index in [4.69, 9.17) is 14.2 Å². The molecule has 58 heavy (non-hydrogen) atoms. The lowest BCUT2D eigenvalue weighted by molar-refractivity contribution is -0.167. The molecule has 0 aliphatic rings. The Morgan fingerprint density at radius 3 is 0.948 bits per heavy atom. The van der Waals surface area contributed by atoms with E-state index < -0.39 is 6.10 Å². The number of ether oxygens (including phenoxy) is 3. The first-order chi connectivity index (χ1) is 28.5. The van der Waals surface area contributed by atoms with Crippen LogP contribution in [0.1, 0.15) is 271 Å². The maximum absolute atomic E-state index is 12.8. The minimum atomic E-state index is -0.769. The number of unbranched alkanes of at least 4 members (excludes halogenated alkanes) is 32. The molecule has 0 aliphatic heterocycles. The fourth-order valence-corrected chi connectivity index (χ4v) is 7.37.